The van der Waals surface area contributed by atoms with E-state index < -0.39 is 23.3 Å². The lowest BCUT2D eigenvalue weighted by atomic mass is 10.1. The summed E-state index contributed by atoms with van der Waals surface area (Å²) < 4.78 is 43.3. The van der Waals surface area contributed by atoms with Gasteiger partial charge in [0.25, 0.3) is 0 Å². The summed E-state index contributed by atoms with van der Waals surface area (Å²) >= 11 is 0. The average Bonchev–Trinajstić information content (AvgIpc) is 2.38. The number of benzene rings is 1. The van der Waals surface area contributed by atoms with E-state index in [0.717, 1.165) is 6.07 Å². The van der Waals surface area contributed by atoms with Gasteiger partial charge in [-0.05, 0) is 23.8 Å². The van der Waals surface area contributed by atoms with Crippen LogP contribution in [0, 0.1) is 0 Å². The molecule has 1 aromatic carbocycles. The number of hydrogen-bond acceptors (Lipinski definition) is 4. The molecule has 0 spiro atoms. The number of carboxylic acids is 1. The molecule has 1 heterocycles. The van der Waals surface area contributed by atoms with Crippen molar-refractivity contribution in [1.82, 2.24) is 0 Å². The van der Waals surface area contributed by atoms with Gasteiger partial charge in [-0.25, -0.2) is 0 Å². The largest absolute Gasteiger partial charge is 0.545 e. The van der Waals surface area contributed by atoms with Gasteiger partial charge in [0.1, 0.15) is 0 Å². The summed E-state index contributed by atoms with van der Waals surface area (Å²) in [6, 6.07) is 2.72. The molecule has 1 saturated heterocycles. The number of nitrogens with zero attached hydrogens (tertiary/aromatic N) is 1. The third-order valence-electron chi connectivity index (χ3n) is 2.86. The Morgan fingerprint density at radius 2 is 1.84 bits per heavy atom. The topological polar surface area (TPSA) is 52.6 Å². The number of carbonyl (C=O) groups is 1. The summed E-state index contributed by atoms with van der Waals surface area (Å²) in [6.45, 7) is 1.65. The van der Waals surface area contributed by atoms with Crippen LogP contribution in [0.1, 0.15) is 15.9 Å². The van der Waals surface area contributed by atoms with Gasteiger partial charge in [-0.3, -0.25) is 0 Å². The number of carbonyl (C=O) groups excluding carboxylic acids is 1. The summed E-state index contributed by atoms with van der Waals surface area (Å²) in [6.07, 6.45) is -4.59. The first-order valence-corrected chi connectivity index (χ1v) is 5.64. The first-order chi connectivity index (χ1) is 8.88. The number of morpholine rings is 1. The van der Waals surface area contributed by atoms with E-state index in [2.05, 4.69) is 0 Å². The smallest absolute Gasteiger partial charge is 0.416 e. The third kappa shape index (κ3) is 3.17. The van der Waals surface area contributed by atoms with Crippen molar-refractivity contribution in [2.24, 2.45) is 0 Å². The zero-order chi connectivity index (χ0) is 14.0. The van der Waals surface area contributed by atoms with Crippen molar-refractivity contribution in [3.8, 4) is 0 Å². The summed E-state index contributed by atoms with van der Waals surface area (Å²) in [4.78, 5) is 12.5. The highest BCUT2D eigenvalue weighted by Crippen LogP contribution is 2.33. The third-order valence-corrected chi connectivity index (χ3v) is 2.86. The van der Waals surface area contributed by atoms with Gasteiger partial charge in [0.2, 0.25) is 0 Å². The highest BCUT2D eigenvalue weighted by atomic mass is 19.4. The average molecular weight is 274 g/mol. The van der Waals surface area contributed by atoms with E-state index in [9.17, 15) is 23.1 Å². The Balaban J connectivity index is 2.41. The van der Waals surface area contributed by atoms with E-state index in [1.54, 1.807) is 4.90 Å². The van der Waals surface area contributed by atoms with Crippen molar-refractivity contribution >= 4 is 11.7 Å². The predicted octanol–water partition coefficient (Wildman–Crippen LogP) is 0.905. The minimum Gasteiger partial charge on any atom is -0.545 e. The molecule has 4 nitrogen and oxygen atoms in total. The fraction of sp³-hybridized carbons (Fsp3) is 0.417. The van der Waals surface area contributed by atoms with Crippen LogP contribution < -0.4 is 10.0 Å². The molecule has 0 N–H and O–H groups in total. The van der Waals surface area contributed by atoms with Crippen LogP contribution in [0.2, 0.25) is 0 Å². The van der Waals surface area contributed by atoms with Crippen LogP contribution in [-0.4, -0.2) is 32.3 Å². The van der Waals surface area contributed by atoms with Crippen LogP contribution >= 0.6 is 0 Å². The van der Waals surface area contributed by atoms with Crippen molar-refractivity contribution in [3.63, 3.8) is 0 Å². The van der Waals surface area contributed by atoms with E-state index in [-0.39, 0.29) is 5.69 Å². The Bertz CT molecular complexity index is 482. The quantitative estimate of drug-likeness (QED) is 0.804. The molecule has 19 heavy (non-hydrogen) atoms. The number of halogens is 3. The highest BCUT2D eigenvalue weighted by Gasteiger charge is 2.32. The van der Waals surface area contributed by atoms with Gasteiger partial charge in [0.15, 0.2) is 0 Å². The molecule has 0 aliphatic carbocycles. The molecule has 104 valence electrons. The van der Waals surface area contributed by atoms with E-state index >= 15 is 0 Å². The fourth-order valence-corrected chi connectivity index (χ4v) is 1.90. The second kappa shape index (κ2) is 5.08. The van der Waals surface area contributed by atoms with E-state index in [1.165, 1.54) is 6.07 Å². The SMILES string of the molecule is O=C([O-])c1cc(N2CCOCC2)cc(C(F)(F)F)c1. The van der Waals surface area contributed by atoms with Crippen molar-refractivity contribution in [3.05, 3.63) is 29.3 Å². The number of anilines is 1. The molecule has 0 bridgehead atoms. The zero-order valence-electron chi connectivity index (χ0n) is 9.87. The molecule has 0 unspecified atom stereocenters. The van der Waals surface area contributed by atoms with Gasteiger partial charge in [-0.2, -0.15) is 13.2 Å². The Morgan fingerprint density at radius 1 is 1.21 bits per heavy atom. The highest BCUT2D eigenvalue weighted by molar-refractivity contribution is 5.87. The van der Waals surface area contributed by atoms with Crippen molar-refractivity contribution < 1.29 is 27.8 Å². The van der Waals surface area contributed by atoms with Crippen LogP contribution in [-0.2, 0) is 10.9 Å². The first-order valence-electron chi connectivity index (χ1n) is 5.64. The molecule has 0 radical (unpaired) electrons. The lowest BCUT2D eigenvalue weighted by Crippen LogP contribution is -2.36. The van der Waals surface area contributed by atoms with Crippen molar-refractivity contribution in [2.75, 3.05) is 31.2 Å². The van der Waals surface area contributed by atoms with E-state index in [1.807, 2.05) is 0 Å². The molecule has 1 aliphatic heterocycles. The molecule has 0 atom stereocenters. The standard InChI is InChI=1S/C12H12F3NO3/c13-12(14,15)9-5-8(11(17)18)6-10(7-9)16-1-3-19-4-2-16/h5-7H,1-4H2,(H,17,18)/p-1. The molecular weight excluding hydrogens is 263 g/mol. The monoisotopic (exact) mass is 274 g/mol. The maximum atomic E-state index is 12.7. The van der Waals surface area contributed by atoms with Crippen LogP contribution in [0.5, 0.6) is 0 Å². The molecule has 0 amide bonds. The number of carboxylic acid groups (broad SMARTS) is 1. The van der Waals surface area contributed by atoms with Crippen molar-refractivity contribution in [2.45, 2.75) is 6.18 Å². The van der Waals surface area contributed by atoms with Gasteiger partial charge in [0.05, 0.1) is 24.7 Å². The predicted molar refractivity (Wildman–Crippen MR) is 58.8 cm³/mol. The number of ether oxygens (including phenoxy) is 1. The van der Waals surface area contributed by atoms with Gasteiger partial charge in [-0.15, -0.1) is 0 Å². The van der Waals surface area contributed by atoms with E-state index in [4.69, 9.17) is 4.74 Å². The molecule has 1 aromatic rings. The lowest BCUT2D eigenvalue weighted by molar-refractivity contribution is -0.255. The minimum absolute atomic E-state index is 0.220. The lowest BCUT2D eigenvalue weighted by Gasteiger charge is -2.30. The summed E-state index contributed by atoms with van der Waals surface area (Å²) in [7, 11) is 0. The summed E-state index contributed by atoms with van der Waals surface area (Å²) in [5.74, 6) is -1.62. The maximum absolute atomic E-state index is 12.7. The van der Waals surface area contributed by atoms with E-state index in [0.29, 0.717) is 32.4 Å². The van der Waals surface area contributed by atoms with Gasteiger partial charge < -0.3 is 19.5 Å². The number of alkyl halides is 3. The minimum atomic E-state index is -4.59. The molecule has 1 fully saturated rings. The second-order valence-electron chi connectivity index (χ2n) is 4.15. The first kappa shape index (κ1) is 13.7. The van der Waals surface area contributed by atoms with Gasteiger partial charge in [0, 0.05) is 18.8 Å². The Morgan fingerprint density at radius 3 is 2.37 bits per heavy atom. The van der Waals surface area contributed by atoms with Crippen molar-refractivity contribution in [1.29, 1.82) is 0 Å². The van der Waals surface area contributed by atoms with Crippen LogP contribution in [0.15, 0.2) is 18.2 Å². The molecular formula is C12H11F3NO3-. The molecule has 7 heteroatoms. The Hall–Kier alpha value is -1.76. The maximum Gasteiger partial charge on any atom is 0.416 e. The molecule has 0 saturated carbocycles. The Kier molecular flexibility index (Phi) is 3.66. The summed E-state index contributed by atoms with van der Waals surface area (Å²) in [5, 5.41) is 10.8. The normalized spacial score (nSPS) is 16.5. The second-order valence-corrected chi connectivity index (χ2v) is 4.15. The van der Waals surface area contributed by atoms with Crippen LogP contribution in [0.4, 0.5) is 18.9 Å². The van der Waals surface area contributed by atoms with Gasteiger partial charge >= 0.3 is 6.18 Å². The zero-order valence-corrected chi connectivity index (χ0v) is 9.87. The summed E-state index contributed by atoms with van der Waals surface area (Å²) in [5.41, 5.74) is -1.25. The van der Waals surface area contributed by atoms with Gasteiger partial charge in [-0.1, -0.05) is 0 Å². The molecule has 1 aliphatic rings. The number of rotatable bonds is 2. The molecule has 0 aromatic heterocycles. The Labute approximate surface area is 107 Å². The number of aromatic carboxylic acids is 1. The number of hydrogen-bond donors (Lipinski definition) is 0. The van der Waals surface area contributed by atoms with Crippen LogP contribution in [0.25, 0.3) is 0 Å². The molecule has 2 rings (SSSR count). The van der Waals surface area contributed by atoms with Crippen LogP contribution in [0.3, 0.4) is 0 Å². The fourth-order valence-electron chi connectivity index (χ4n) is 1.90.